The molecule has 0 N–H and O–H groups in total. The molecule has 8 aliphatic heterocycles. The topological polar surface area (TPSA) is 229 Å². The Morgan fingerprint density at radius 1 is 0.408 bits per heavy atom. The molecule has 0 spiro atoms. The van der Waals surface area contributed by atoms with Gasteiger partial charge in [-0.1, -0.05) is 89.0 Å². The molecule has 24 fully saturated rings. The Morgan fingerprint density at radius 2 is 0.981 bits per heavy atom. The predicted molar refractivity (Wildman–Crippen MR) is 373 cm³/mol. The molecule has 16 saturated carbocycles. The third-order valence-corrected chi connectivity index (χ3v) is 35.8. The van der Waals surface area contributed by atoms with Crippen LogP contribution in [0.4, 0.5) is 0 Å². The van der Waals surface area contributed by atoms with Crippen LogP contribution in [0.25, 0.3) is 0 Å². The molecule has 103 heavy (non-hydrogen) atoms. The number of carbonyl (C=O) groups excluding carboxylic acids is 8. The van der Waals surface area contributed by atoms with Crippen LogP contribution in [0.15, 0.2) is 0 Å². The van der Waals surface area contributed by atoms with Crippen LogP contribution >= 0.6 is 0 Å². The predicted octanol–water partition coefficient (Wildman–Crippen LogP) is 12.6. The van der Waals surface area contributed by atoms with Gasteiger partial charge in [-0.3, -0.25) is 38.4 Å². The van der Waals surface area contributed by atoms with Crippen molar-refractivity contribution in [2.45, 2.75) is 235 Å². The van der Waals surface area contributed by atoms with Gasteiger partial charge in [-0.2, -0.15) is 0 Å². The molecule has 42 unspecified atom stereocenters. The maximum absolute atomic E-state index is 11.7. The second-order valence-corrected chi connectivity index (χ2v) is 39.4. The van der Waals surface area contributed by atoms with E-state index in [1.807, 2.05) is 6.92 Å². The van der Waals surface area contributed by atoms with Crippen LogP contribution in [0, 0.1) is 212 Å². The molecule has 16 aliphatic carbocycles. The molecule has 16 bridgehead atoms. The lowest BCUT2D eigenvalue weighted by Crippen LogP contribution is -2.40. The summed E-state index contributed by atoms with van der Waals surface area (Å²) in [6, 6.07) is 0. The van der Waals surface area contributed by atoms with E-state index in [9.17, 15) is 38.4 Å². The first kappa shape index (κ1) is 71.6. The van der Waals surface area contributed by atoms with Crippen LogP contribution in [0.3, 0.4) is 0 Å². The van der Waals surface area contributed by atoms with E-state index in [2.05, 4.69) is 83.1 Å². The monoisotopic (exact) mass is 1430 g/mol. The molecule has 8 heterocycles. The van der Waals surface area contributed by atoms with Crippen molar-refractivity contribution in [2.75, 3.05) is 33.5 Å². The van der Waals surface area contributed by atoms with Gasteiger partial charge in [0, 0.05) is 67.0 Å². The van der Waals surface area contributed by atoms with Gasteiger partial charge in [-0.15, -0.1) is 0 Å². The summed E-state index contributed by atoms with van der Waals surface area (Å²) < 4.78 is 54.0. The van der Waals surface area contributed by atoms with Crippen molar-refractivity contribution < 1.29 is 85.7 Å². The zero-order valence-electron chi connectivity index (χ0n) is 64.1. The summed E-state index contributed by atoms with van der Waals surface area (Å²) in [5.41, 5.74) is 0.659. The van der Waals surface area contributed by atoms with Gasteiger partial charge < -0.3 is 47.4 Å². The third kappa shape index (κ3) is 10.6. The van der Waals surface area contributed by atoms with E-state index in [0.29, 0.717) is 185 Å². The van der Waals surface area contributed by atoms with Crippen molar-refractivity contribution in [3.05, 3.63) is 0 Å². The highest BCUT2D eigenvalue weighted by atomic mass is 16.6. The molecule has 0 amide bonds. The molecule has 24 aliphatic rings. The fourth-order valence-corrected chi connectivity index (χ4v) is 31.0. The smallest absolute Gasteiger partial charge is 0.309 e. The van der Waals surface area contributed by atoms with Crippen molar-refractivity contribution in [3.8, 4) is 0 Å². The van der Waals surface area contributed by atoms with Gasteiger partial charge in [0.05, 0.1) is 79.4 Å². The first-order valence-corrected chi connectivity index (χ1v) is 41.9. The first-order valence-electron chi connectivity index (χ1n) is 41.9. The molecular formula is C85H122O18. The fraction of sp³-hybridized carbons (Fsp3) is 0.906. The highest BCUT2D eigenvalue weighted by molar-refractivity contribution is 5.80. The van der Waals surface area contributed by atoms with Crippen LogP contribution < -0.4 is 0 Å². The summed E-state index contributed by atoms with van der Waals surface area (Å²) in [4.78, 5) is 91.6. The zero-order valence-corrected chi connectivity index (χ0v) is 64.1. The summed E-state index contributed by atoms with van der Waals surface area (Å²) in [5, 5.41) is 0. The van der Waals surface area contributed by atoms with Gasteiger partial charge in [-0.05, 0) is 215 Å². The van der Waals surface area contributed by atoms with Crippen LogP contribution in [-0.4, -0.2) is 124 Å². The van der Waals surface area contributed by atoms with E-state index in [1.54, 1.807) is 7.11 Å². The Hall–Kier alpha value is -4.32. The second-order valence-electron chi connectivity index (χ2n) is 39.4. The summed E-state index contributed by atoms with van der Waals surface area (Å²) in [7, 11) is 1.78. The van der Waals surface area contributed by atoms with Crippen molar-refractivity contribution in [1.82, 2.24) is 0 Å². The highest BCUT2D eigenvalue weighted by Crippen LogP contribution is 2.69. The number of hydrogen-bond acceptors (Lipinski definition) is 18. The van der Waals surface area contributed by atoms with E-state index in [0.717, 1.165) is 87.7 Å². The Kier molecular flexibility index (Phi) is 18.0. The average Bonchev–Trinajstić information content (AvgIpc) is 1.54. The maximum Gasteiger partial charge on any atom is 0.309 e. The molecular weight excluding hydrogens is 1310 g/mol. The van der Waals surface area contributed by atoms with Gasteiger partial charge >= 0.3 is 47.8 Å². The zero-order chi connectivity index (χ0) is 72.4. The SMILES string of the molecule is CC1C2CC3C(=O)OC1(C)C3C2.CC1C2CC3C(=O)OC1C3C2.CC1C2CC3OC(=O)C1C3C2.CC1C2OC(=O)C3CC1C(C)(C)C32.CC1CC2CC1C1C(=O)OCC21.CCC1C2CC(C1OC)C1C(=O)OCC21.CCC1C2OC(=O)C3CC1(C)CC32.CCOC1C(CC)C2CC1C1C(=O)OCC21. The second kappa shape index (κ2) is 25.9. The molecule has 24 rings (SSSR count). The number of carbonyl (C=O) groups is 8. The van der Waals surface area contributed by atoms with E-state index >= 15 is 0 Å². The highest BCUT2D eigenvalue weighted by Gasteiger charge is 2.72. The Balaban J connectivity index is 0.0000000875. The lowest BCUT2D eigenvalue weighted by Gasteiger charge is -2.35. The van der Waals surface area contributed by atoms with E-state index < -0.39 is 0 Å². The lowest BCUT2D eigenvalue weighted by molar-refractivity contribution is -0.151. The summed E-state index contributed by atoms with van der Waals surface area (Å²) in [5.74, 6) is 18.8. The van der Waals surface area contributed by atoms with E-state index in [4.69, 9.17) is 47.4 Å². The van der Waals surface area contributed by atoms with Gasteiger partial charge in [0.2, 0.25) is 0 Å². The number of hydrogen-bond donors (Lipinski definition) is 0. The summed E-state index contributed by atoms with van der Waals surface area (Å²) in [6.45, 7) is 31.8. The number of methoxy groups -OCH3 is 1. The molecule has 0 aromatic heterocycles. The van der Waals surface area contributed by atoms with Crippen molar-refractivity contribution in [3.63, 3.8) is 0 Å². The van der Waals surface area contributed by atoms with Crippen molar-refractivity contribution in [1.29, 1.82) is 0 Å². The molecule has 0 aromatic rings. The quantitative estimate of drug-likeness (QED) is 0.178. The number of cyclic esters (lactones) is 3. The van der Waals surface area contributed by atoms with Crippen molar-refractivity contribution >= 4 is 47.8 Å². The number of fused-ring (bicyclic) bond motifs is 20. The Labute approximate surface area is 611 Å². The normalized spacial score (nSPS) is 55.6. The minimum Gasteiger partial charge on any atom is -0.465 e. The standard InChI is InChI=1S/C13H20O3.C12H18O3.2C11H16O2.2C10H14O2.2C9H12O2/c1-3-7-8-5-9(12(7)15-4-2)11-10(8)6-16-13(11)14;1-3-6-7-4-8(11(6)14-2)10-9(7)5-15-12(10)13;1-5-7-4-6-8(11(7,2)3)9(5)13-10(6)12;1-3-8-9-6-4-11(8,2)5-7(6)10(12)13-9;1-5-6-3-7-8(4-6)10(5,2)12-9(7)11;1-5-2-6-3-7(5)9-8(6)4-12-10(9)11;1-4-5-2-6-7(3-5)11-9(10)8(4)6;1-4-5-2-6-7(3-5)9(10)11-8(4)6/h7-12H,3-6H2,1-2H3;6-11H,3-5H2,1-2H3;5-9H,4H2,1-3H3;6-9H,3-5H2,1-2H3;5-8H,3-4H2,1-2H3;5-9H,2-4H2,1H3;2*4-8H,2-3H2,1H3. The summed E-state index contributed by atoms with van der Waals surface area (Å²) in [6.07, 6.45) is 20.7. The Morgan fingerprint density at radius 3 is 1.55 bits per heavy atom. The Bertz CT molecular complexity index is 3380. The molecule has 0 radical (unpaired) electrons. The number of ether oxygens (including phenoxy) is 10. The van der Waals surface area contributed by atoms with E-state index in [-0.39, 0.29) is 101 Å². The fourth-order valence-electron chi connectivity index (χ4n) is 31.0. The first-order chi connectivity index (χ1) is 49.2. The van der Waals surface area contributed by atoms with Gasteiger partial charge in [0.1, 0.15) is 30.0 Å². The lowest BCUT2D eigenvalue weighted by atomic mass is 9.72. The van der Waals surface area contributed by atoms with Gasteiger partial charge in [0.15, 0.2) is 0 Å². The summed E-state index contributed by atoms with van der Waals surface area (Å²) >= 11 is 0. The number of rotatable bonds is 6. The van der Waals surface area contributed by atoms with Crippen LogP contribution in [0.5, 0.6) is 0 Å². The van der Waals surface area contributed by atoms with Crippen LogP contribution in [0.2, 0.25) is 0 Å². The number of esters is 8. The molecule has 42 atom stereocenters. The molecule has 570 valence electrons. The van der Waals surface area contributed by atoms with Crippen molar-refractivity contribution in [2.24, 2.45) is 212 Å². The third-order valence-electron chi connectivity index (χ3n) is 35.8. The van der Waals surface area contributed by atoms with Crippen LogP contribution in [-0.2, 0) is 85.7 Å². The largest absolute Gasteiger partial charge is 0.465 e. The molecule has 8 saturated heterocycles. The molecule has 18 heteroatoms. The van der Waals surface area contributed by atoms with E-state index in [1.165, 1.54) is 57.8 Å². The molecule has 18 nitrogen and oxygen atoms in total. The molecule has 0 aromatic carbocycles. The maximum atomic E-state index is 11.7. The minimum absolute atomic E-state index is 0.0316. The average molecular weight is 1430 g/mol. The minimum atomic E-state index is -0.0926. The van der Waals surface area contributed by atoms with Gasteiger partial charge in [0.25, 0.3) is 0 Å². The van der Waals surface area contributed by atoms with Crippen LogP contribution in [0.1, 0.15) is 193 Å². The van der Waals surface area contributed by atoms with Gasteiger partial charge in [-0.25, -0.2) is 0 Å².